The van der Waals surface area contributed by atoms with Gasteiger partial charge in [-0.25, -0.2) is 4.98 Å². The van der Waals surface area contributed by atoms with Gasteiger partial charge in [-0.2, -0.15) is 0 Å². The summed E-state index contributed by atoms with van der Waals surface area (Å²) in [7, 11) is 0. The van der Waals surface area contributed by atoms with E-state index in [1.165, 1.54) is 5.69 Å². The van der Waals surface area contributed by atoms with Crippen LogP contribution < -0.4 is 15.5 Å². The Morgan fingerprint density at radius 3 is 2.67 bits per heavy atom. The summed E-state index contributed by atoms with van der Waals surface area (Å²) in [5.41, 5.74) is 4.09. The number of rotatable bonds is 7. The van der Waals surface area contributed by atoms with Crippen molar-refractivity contribution < 1.29 is 9.53 Å². The fourth-order valence-electron chi connectivity index (χ4n) is 3.26. The Morgan fingerprint density at radius 2 is 2.07 bits per heavy atom. The first kappa shape index (κ1) is 19.2. The van der Waals surface area contributed by atoms with Crippen LogP contribution in [0.15, 0.2) is 36.5 Å². The highest BCUT2D eigenvalue weighted by Crippen LogP contribution is 2.25. The molecule has 1 aromatic heterocycles. The van der Waals surface area contributed by atoms with E-state index >= 15 is 0 Å². The molecule has 1 atom stereocenters. The predicted molar refractivity (Wildman–Crippen MR) is 110 cm³/mol. The number of nitrogens with one attached hydrogen (secondary N) is 2. The van der Waals surface area contributed by atoms with Gasteiger partial charge in [-0.3, -0.25) is 4.79 Å². The van der Waals surface area contributed by atoms with Gasteiger partial charge < -0.3 is 20.3 Å². The Morgan fingerprint density at radius 1 is 1.26 bits per heavy atom. The van der Waals surface area contributed by atoms with Crippen molar-refractivity contribution in [1.29, 1.82) is 0 Å². The molecule has 1 saturated heterocycles. The first-order chi connectivity index (χ1) is 13.1. The van der Waals surface area contributed by atoms with E-state index in [-0.39, 0.29) is 12.0 Å². The van der Waals surface area contributed by atoms with Crippen molar-refractivity contribution in [2.24, 2.45) is 0 Å². The van der Waals surface area contributed by atoms with Crippen LogP contribution in [0.2, 0.25) is 0 Å². The largest absolute Gasteiger partial charge is 0.372 e. The highest BCUT2D eigenvalue weighted by molar-refractivity contribution is 5.94. The van der Waals surface area contributed by atoms with Crippen LogP contribution in [-0.2, 0) is 9.53 Å². The molecule has 1 fully saturated rings. The minimum Gasteiger partial charge on any atom is -0.372 e. The van der Waals surface area contributed by atoms with Crippen LogP contribution in [0.4, 0.5) is 22.9 Å². The van der Waals surface area contributed by atoms with Crippen LogP contribution in [-0.4, -0.2) is 36.7 Å². The summed E-state index contributed by atoms with van der Waals surface area (Å²) in [5, 5.41) is 6.20. The van der Waals surface area contributed by atoms with E-state index in [9.17, 15) is 4.79 Å². The smallest absolute Gasteiger partial charge is 0.253 e. The Kier molecular flexibility index (Phi) is 6.29. The van der Waals surface area contributed by atoms with Gasteiger partial charge in [0.2, 0.25) is 0 Å². The van der Waals surface area contributed by atoms with E-state index in [1.807, 2.05) is 12.1 Å². The molecular weight excluding hydrogens is 340 g/mol. The molecule has 0 saturated carbocycles. The van der Waals surface area contributed by atoms with Gasteiger partial charge in [-0.15, -0.1) is 0 Å². The highest BCUT2D eigenvalue weighted by Gasteiger charge is 2.23. The monoisotopic (exact) mass is 368 g/mol. The number of hydrogen-bond donors (Lipinski definition) is 2. The lowest BCUT2D eigenvalue weighted by Gasteiger charge is -2.22. The molecule has 1 aromatic carbocycles. The summed E-state index contributed by atoms with van der Waals surface area (Å²) in [6.07, 6.45) is 3.04. The van der Waals surface area contributed by atoms with E-state index in [4.69, 9.17) is 4.74 Å². The molecule has 2 heterocycles. The fraction of sp³-hybridized carbons (Fsp3) is 0.429. The van der Waals surface area contributed by atoms with Gasteiger partial charge in [0.15, 0.2) is 0 Å². The fourth-order valence-corrected chi connectivity index (χ4v) is 3.26. The van der Waals surface area contributed by atoms with Crippen LogP contribution >= 0.6 is 0 Å². The molecule has 1 amide bonds. The number of aryl methyl sites for hydroxylation is 1. The van der Waals surface area contributed by atoms with Crippen LogP contribution in [0.25, 0.3) is 0 Å². The number of nitrogens with zero attached hydrogens (tertiary/aromatic N) is 2. The molecule has 6 nitrogen and oxygen atoms in total. The summed E-state index contributed by atoms with van der Waals surface area (Å²) < 4.78 is 5.40. The minimum absolute atomic E-state index is 0.0992. The van der Waals surface area contributed by atoms with Gasteiger partial charge in [-0.05, 0) is 69.5 Å². The Hall–Kier alpha value is -2.60. The van der Waals surface area contributed by atoms with Crippen LogP contribution in [0, 0.1) is 6.92 Å². The van der Waals surface area contributed by atoms with E-state index in [0.29, 0.717) is 12.3 Å². The number of anilines is 4. The van der Waals surface area contributed by atoms with Crippen molar-refractivity contribution in [1.82, 2.24) is 4.98 Å². The number of carbonyl (C=O) groups is 1. The number of benzene rings is 1. The van der Waals surface area contributed by atoms with E-state index in [2.05, 4.69) is 59.5 Å². The third kappa shape index (κ3) is 4.77. The lowest BCUT2D eigenvalue weighted by atomic mass is 10.1. The SMILES string of the molecule is CCN(CC)c1ccc(Nc2ccc(NC(=O)C3CCCO3)cn2)c(C)c1. The maximum atomic E-state index is 12.1. The molecule has 144 valence electrons. The predicted octanol–water partition coefficient (Wildman–Crippen LogP) is 4.10. The lowest BCUT2D eigenvalue weighted by Crippen LogP contribution is -2.26. The molecule has 3 rings (SSSR count). The van der Waals surface area contributed by atoms with Gasteiger partial charge in [-0.1, -0.05) is 0 Å². The standard InChI is InChI=1S/C21H28N4O2/c1-4-25(5-2)17-9-10-18(15(3)13-17)24-20-11-8-16(14-22-20)23-21(26)19-7-6-12-27-19/h8-11,13-14,19H,4-7,12H2,1-3H3,(H,22,24)(H,23,26). The van der Waals surface area contributed by atoms with Gasteiger partial charge in [0, 0.05) is 31.1 Å². The first-order valence-corrected chi connectivity index (χ1v) is 9.61. The zero-order valence-corrected chi connectivity index (χ0v) is 16.3. The van der Waals surface area contributed by atoms with Gasteiger partial charge in [0.1, 0.15) is 11.9 Å². The molecule has 0 spiro atoms. The van der Waals surface area contributed by atoms with Crippen molar-refractivity contribution in [3.05, 3.63) is 42.1 Å². The van der Waals surface area contributed by atoms with Gasteiger partial charge in [0.25, 0.3) is 5.91 Å². The maximum Gasteiger partial charge on any atom is 0.253 e. The molecular formula is C21H28N4O2. The molecule has 1 aliphatic rings. The first-order valence-electron chi connectivity index (χ1n) is 9.61. The Balaban J connectivity index is 1.63. The summed E-state index contributed by atoms with van der Waals surface area (Å²) >= 11 is 0. The average Bonchev–Trinajstić information content (AvgIpc) is 3.21. The Labute approximate surface area is 160 Å². The number of pyridine rings is 1. The minimum atomic E-state index is -0.338. The van der Waals surface area contributed by atoms with Crippen LogP contribution in [0.3, 0.4) is 0 Å². The topological polar surface area (TPSA) is 66.5 Å². The van der Waals surface area contributed by atoms with E-state index in [0.717, 1.165) is 43.0 Å². The molecule has 1 aliphatic heterocycles. The quantitative estimate of drug-likeness (QED) is 0.770. The molecule has 0 aliphatic carbocycles. The zero-order valence-electron chi connectivity index (χ0n) is 16.3. The molecule has 0 radical (unpaired) electrons. The van der Waals surface area contributed by atoms with Crippen molar-refractivity contribution in [2.45, 2.75) is 39.7 Å². The van der Waals surface area contributed by atoms with Crippen molar-refractivity contribution in [3.8, 4) is 0 Å². The third-order valence-corrected chi connectivity index (χ3v) is 4.85. The second kappa shape index (κ2) is 8.86. The maximum absolute atomic E-state index is 12.1. The molecule has 27 heavy (non-hydrogen) atoms. The van der Waals surface area contributed by atoms with Crippen molar-refractivity contribution >= 4 is 28.8 Å². The number of ether oxygens (including phenoxy) is 1. The number of aromatic nitrogens is 1. The molecule has 0 bridgehead atoms. The number of carbonyl (C=O) groups excluding carboxylic acids is 1. The van der Waals surface area contributed by atoms with Gasteiger partial charge in [0.05, 0.1) is 11.9 Å². The summed E-state index contributed by atoms with van der Waals surface area (Å²) in [4.78, 5) is 18.8. The summed E-state index contributed by atoms with van der Waals surface area (Å²) in [5.74, 6) is 0.640. The summed E-state index contributed by atoms with van der Waals surface area (Å²) in [6, 6.07) is 10.1. The number of hydrogen-bond acceptors (Lipinski definition) is 5. The number of amides is 1. The zero-order chi connectivity index (χ0) is 19.2. The van der Waals surface area contributed by atoms with Crippen molar-refractivity contribution in [3.63, 3.8) is 0 Å². The summed E-state index contributed by atoms with van der Waals surface area (Å²) in [6.45, 7) is 9.05. The van der Waals surface area contributed by atoms with Gasteiger partial charge >= 0.3 is 0 Å². The van der Waals surface area contributed by atoms with E-state index in [1.54, 1.807) is 6.20 Å². The molecule has 2 N–H and O–H groups in total. The normalized spacial score (nSPS) is 16.2. The van der Waals surface area contributed by atoms with Crippen molar-refractivity contribution in [2.75, 3.05) is 35.2 Å². The van der Waals surface area contributed by atoms with Crippen LogP contribution in [0.1, 0.15) is 32.3 Å². The lowest BCUT2D eigenvalue weighted by molar-refractivity contribution is -0.124. The molecule has 6 heteroatoms. The second-order valence-electron chi connectivity index (χ2n) is 6.72. The molecule has 1 unspecified atom stereocenters. The third-order valence-electron chi connectivity index (χ3n) is 4.85. The Bertz CT molecular complexity index is 766. The molecule has 2 aromatic rings. The second-order valence-corrected chi connectivity index (χ2v) is 6.72. The van der Waals surface area contributed by atoms with Crippen LogP contribution in [0.5, 0.6) is 0 Å². The van der Waals surface area contributed by atoms with E-state index < -0.39 is 0 Å². The highest BCUT2D eigenvalue weighted by atomic mass is 16.5. The average molecular weight is 368 g/mol.